The zero-order valence-corrected chi connectivity index (χ0v) is 19.4. The minimum Gasteiger partial charge on any atom is -0.390 e. The highest BCUT2D eigenvalue weighted by molar-refractivity contribution is 5.95. The molecule has 4 heteroatoms. The number of aliphatic hydroxyl groups is 3. The number of aliphatic hydroxyl groups excluding tert-OH is 2. The van der Waals surface area contributed by atoms with Crippen LogP contribution in [-0.2, 0) is 4.79 Å². The summed E-state index contributed by atoms with van der Waals surface area (Å²) in [4.78, 5) is 13.2. The maximum atomic E-state index is 13.2. The Labute approximate surface area is 182 Å². The van der Waals surface area contributed by atoms with Gasteiger partial charge in [-0.2, -0.15) is 0 Å². The molecule has 0 aromatic heterocycles. The third-order valence-electron chi connectivity index (χ3n) is 10.1. The lowest BCUT2D eigenvalue weighted by Crippen LogP contribution is -2.60. The second kappa shape index (κ2) is 7.71. The van der Waals surface area contributed by atoms with Gasteiger partial charge in [-0.15, -0.1) is 0 Å². The third-order valence-corrected chi connectivity index (χ3v) is 10.1. The van der Waals surface area contributed by atoms with E-state index in [9.17, 15) is 20.1 Å². The maximum absolute atomic E-state index is 13.2. The molecule has 0 bridgehead atoms. The van der Waals surface area contributed by atoms with Crippen molar-refractivity contribution in [3.8, 4) is 0 Å². The summed E-state index contributed by atoms with van der Waals surface area (Å²) in [6, 6.07) is 0. The SMILES string of the molecule is CCCCC[C@@H](C)[C@H]1CC[C@@]2(O)C3=CC(=O)[C@H]4C[C@@H](O)[C@@H](O)C[C@]4(C)[C@H]3CC[C@]12C. The highest BCUT2D eigenvalue weighted by Gasteiger charge is 2.66. The summed E-state index contributed by atoms with van der Waals surface area (Å²) >= 11 is 0. The Morgan fingerprint density at radius 3 is 2.53 bits per heavy atom. The van der Waals surface area contributed by atoms with Crippen molar-refractivity contribution in [1.82, 2.24) is 0 Å². The van der Waals surface area contributed by atoms with Gasteiger partial charge < -0.3 is 15.3 Å². The predicted molar refractivity (Wildman–Crippen MR) is 118 cm³/mol. The first-order valence-corrected chi connectivity index (χ1v) is 12.4. The molecule has 0 unspecified atom stereocenters. The van der Waals surface area contributed by atoms with Crippen molar-refractivity contribution in [3.05, 3.63) is 11.6 Å². The summed E-state index contributed by atoms with van der Waals surface area (Å²) < 4.78 is 0. The van der Waals surface area contributed by atoms with Crippen LogP contribution in [0.5, 0.6) is 0 Å². The summed E-state index contributed by atoms with van der Waals surface area (Å²) in [5.74, 6) is 0.992. The number of hydrogen-bond donors (Lipinski definition) is 3. The number of rotatable bonds is 5. The van der Waals surface area contributed by atoms with E-state index in [1.54, 1.807) is 6.08 Å². The van der Waals surface area contributed by atoms with Crippen LogP contribution in [0.4, 0.5) is 0 Å². The van der Waals surface area contributed by atoms with E-state index in [-0.39, 0.29) is 28.4 Å². The third kappa shape index (κ3) is 3.08. The first-order chi connectivity index (χ1) is 14.1. The summed E-state index contributed by atoms with van der Waals surface area (Å²) in [5, 5.41) is 32.8. The highest BCUT2D eigenvalue weighted by atomic mass is 16.3. The topological polar surface area (TPSA) is 77.8 Å². The molecule has 9 atom stereocenters. The van der Waals surface area contributed by atoms with Crippen LogP contribution in [0, 0.1) is 34.5 Å². The van der Waals surface area contributed by atoms with E-state index in [0.717, 1.165) is 31.3 Å². The molecule has 3 fully saturated rings. The standard InChI is InChI=1S/C26H42O4/c1-5-6-7-8-16(2)17-10-12-26(30)19-13-21(27)20-14-22(28)23(29)15-24(20,3)18(19)9-11-25(17,26)4/h13,16-18,20,22-23,28-30H,5-12,14-15H2,1-4H3/t16-,17-,18+,20-,22-,23+,24-,25-,26-/m1/s1. The summed E-state index contributed by atoms with van der Waals surface area (Å²) in [5.41, 5.74) is -0.518. The first-order valence-electron chi connectivity index (χ1n) is 12.4. The molecule has 4 aliphatic carbocycles. The second-order valence-corrected chi connectivity index (χ2v) is 11.6. The lowest BCUT2D eigenvalue weighted by Gasteiger charge is -2.60. The number of unbranched alkanes of at least 4 members (excludes halogenated alkanes) is 2. The Kier molecular flexibility index (Phi) is 5.77. The van der Waals surface area contributed by atoms with E-state index >= 15 is 0 Å². The average Bonchev–Trinajstić information content (AvgIpc) is 2.96. The summed E-state index contributed by atoms with van der Waals surface area (Å²) in [6.07, 6.45) is 9.63. The number of fused-ring (bicyclic) bond motifs is 5. The molecule has 170 valence electrons. The normalized spacial score (nSPS) is 49.1. The summed E-state index contributed by atoms with van der Waals surface area (Å²) in [7, 11) is 0. The zero-order valence-electron chi connectivity index (χ0n) is 19.4. The number of hydrogen-bond acceptors (Lipinski definition) is 4. The molecule has 0 spiro atoms. The van der Waals surface area contributed by atoms with Gasteiger partial charge >= 0.3 is 0 Å². The molecular weight excluding hydrogens is 376 g/mol. The van der Waals surface area contributed by atoms with Crippen molar-refractivity contribution in [2.75, 3.05) is 0 Å². The lowest BCUT2D eigenvalue weighted by atomic mass is 9.46. The van der Waals surface area contributed by atoms with E-state index < -0.39 is 17.8 Å². The second-order valence-electron chi connectivity index (χ2n) is 11.6. The first kappa shape index (κ1) is 22.5. The van der Waals surface area contributed by atoms with Crippen molar-refractivity contribution in [1.29, 1.82) is 0 Å². The van der Waals surface area contributed by atoms with Gasteiger partial charge in [-0.25, -0.2) is 0 Å². The van der Waals surface area contributed by atoms with Gasteiger partial charge in [-0.3, -0.25) is 4.79 Å². The Morgan fingerprint density at radius 1 is 1.10 bits per heavy atom. The van der Waals surface area contributed by atoms with Gasteiger partial charge in [-0.05, 0) is 73.3 Å². The van der Waals surface area contributed by atoms with Crippen molar-refractivity contribution in [2.45, 2.75) is 110 Å². The van der Waals surface area contributed by atoms with Crippen LogP contribution in [0.1, 0.15) is 91.9 Å². The van der Waals surface area contributed by atoms with Gasteiger partial charge in [0.15, 0.2) is 5.78 Å². The quantitative estimate of drug-likeness (QED) is 0.578. The van der Waals surface area contributed by atoms with E-state index in [1.807, 2.05) is 0 Å². The highest BCUT2D eigenvalue weighted by Crippen LogP contribution is 2.68. The number of carbonyl (C=O) groups is 1. The van der Waals surface area contributed by atoms with Crippen molar-refractivity contribution < 1.29 is 20.1 Å². The molecule has 0 aromatic carbocycles. The minimum absolute atomic E-state index is 0.0480. The van der Waals surface area contributed by atoms with Crippen LogP contribution in [0.2, 0.25) is 0 Å². The molecule has 0 aliphatic heterocycles. The van der Waals surface area contributed by atoms with Crippen LogP contribution in [0.25, 0.3) is 0 Å². The van der Waals surface area contributed by atoms with Crippen LogP contribution < -0.4 is 0 Å². The zero-order chi connectivity index (χ0) is 21.9. The van der Waals surface area contributed by atoms with Crippen LogP contribution in [0.3, 0.4) is 0 Å². The smallest absolute Gasteiger partial charge is 0.159 e. The molecule has 0 radical (unpaired) electrons. The van der Waals surface area contributed by atoms with E-state index in [1.165, 1.54) is 25.7 Å². The Balaban J connectivity index is 1.65. The molecule has 0 heterocycles. The number of ketones is 1. The Bertz CT molecular complexity index is 716. The van der Waals surface area contributed by atoms with Gasteiger partial charge in [0.25, 0.3) is 0 Å². The number of carbonyl (C=O) groups excluding carboxylic acids is 1. The Hall–Kier alpha value is -0.710. The molecule has 3 N–H and O–H groups in total. The molecule has 4 aliphatic rings. The van der Waals surface area contributed by atoms with Gasteiger partial charge in [0.2, 0.25) is 0 Å². The molecule has 3 saturated carbocycles. The predicted octanol–water partition coefficient (Wildman–Crippen LogP) is 4.41. The van der Waals surface area contributed by atoms with E-state index in [2.05, 4.69) is 27.7 Å². The fourth-order valence-electron chi connectivity index (χ4n) is 8.24. The van der Waals surface area contributed by atoms with Gasteiger partial charge in [0, 0.05) is 11.3 Å². The average molecular weight is 419 g/mol. The number of allylic oxidation sites excluding steroid dienone is 1. The minimum atomic E-state index is -0.912. The molecule has 30 heavy (non-hydrogen) atoms. The lowest BCUT2D eigenvalue weighted by molar-refractivity contribution is -0.153. The monoisotopic (exact) mass is 418 g/mol. The molecule has 4 rings (SSSR count). The molecule has 0 amide bonds. The fourth-order valence-corrected chi connectivity index (χ4v) is 8.24. The van der Waals surface area contributed by atoms with Gasteiger partial charge in [0.05, 0.1) is 17.8 Å². The van der Waals surface area contributed by atoms with Crippen molar-refractivity contribution >= 4 is 5.78 Å². The molecular formula is C26H42O4. The molecule has 4 nitrogen and oxygen atoms in total. The Morgan fingerprint density at radius 2 is 1.83 bits per heavy atom. The molecule has 0 aromatic rings. The largest absolute Gasteiger partial charge is 0.390 e. The molecule has 0 saturated heterocycles. The van der Waals surface area contributed by atoms with Gasteiger partial charge in [0.1, 0.15) is 0 Å². The van der Waals surface area contributed by atoms with Crippen LogP contribution in [0.15, 0.2) is 11.6 Å². The van der Waals surface area contributed by atoms with Gasteiger partial charge in [-0.1, -0.05) is 53.4 Å². The summed E-state index contributed by atoms with van der Waals surface area (Å²) in [6.45, 7) is 8.99. The maximum Gasteiger partial charge on any atom is 0.159 e. The van der Waals surface area contributed by atoms with Crippen molar-refractivity contribution in [2.24, 2.45) is 34.5 Å². The fraction of sp³-hybridized carbons (Fsp3) is 0.885. The van der Waals surface area contributed by atoms with E-state index in [0.29, 0.717) is 24.7 Å². The van der Waals surface area contributed by atoms with Crippen LogP contribution in [-0.4, -0.2) is 38.9 Å². The van der Waals surface area contributed by atoms with Crippen LogP contribution >= 0.6 is 0 Å². The van der Waals surface area contributed by atoms with Crippen molar-refractivity contribution in [3.63, 3.8) is 0 Å². The van der Waals surface area contributed by atoms with E-state index in [4.69, 9.17) is 0 Å².